The van der Waals surface area contributed by atoms with Gasteiger partial charge in [0.25, 0.3) is 0 Å². The zero-order chi connectivity index (χ0) is 18.4. The number of hydrogen-bond acceptors (Lipinski definition) is 3. The number of carbonyl (C=O) groups excluding carboxylic acids is 1. The topological polar surface area (TPSA) is 82.2 Å². The van der Waals surface area contributed by atoms with Crippen LogP contribution in [0.5, 0.6) is 0 Å². The minimum Gasteiger partial charge on any atom is -0.389 e. The van der Waals surface area contributed by atoms with Gasteiger partial charge in [0.15, 0.2) is 5.43 Å². The van der Waals surface area contributed by atoms with E-state index < -0.39 is 5.60 Å². The number of carbonyl (C=O) groups is 1. The van der Waals surface area contributed by atoms with Crippen LogP contribution < -0.4 is 10.7 Å². The molecule has 5 heteroatoms. The van der Waals surface area contributed by atoms with E-state index in [1.807, 2.05) is 20.8 Å². The number of rotatable bonds is 8. The summed E-state index contributed by atoms with van der Waals surface area (Å²) in [5.41, 5.74) is 1.20. The van der Waals surface area contributed by atoms with Crippen molar-refractivity contribution in [2.75, 3.05) is 5.32 Å². The van der Waals surface area contributed by atoms with Crippen LogP contribution in [0.1, 0.15) is 58.6 Å². The lowest BCUT2D eigenvalue weighted by Crippen LogP contribution is -2.33. The number of aryl methyl sites for hydroxylation is 1. The molecule has 1 heterocycles. The molecule has 0 spiro atoms. The lowest BCUT2D eigenvalue weighted by atomic mass is 9.89. The van der Waals surface area contributed by atoms with E-state index in [9.17, 15) is 14.7 Å². The molecule has 0 aliphatic heterocycles. The molecule has 2 rings (SSSR count). The Balaban J connectivity index is 2.18. The quantitative estimate of drug-likeness (QED) is 0.682. The first-order valence-corrected chi connectivity index (χ1v) is 9.09. The summed E-state index contributed by atoms with van der Waals surface area (Å²) >= 11 is 0. The number of fused-ring (bicyclic) bond motifs is 1. The SMILES string of the molecule is CCCC(O)(CCC)CC(=O)Nc1ccc2[nH]c(CC)cc(=O)c2c1. The summed E-state index contributed by atoms with van der Waals surface area (Å²) in [7, 11) is 0. The predicted octanol–water partition coefficient (Wildman–Crippen LogP) is 3.75. The highest BCUT2D eigenvalue weighted by molar-refractivity contribution is 5.94. The summed E-state index contributed by atoms with van der Waals surface area (Å²) < 4.78 is 0. The maximum absolute atomic E-state index is 12.3. The first-order valence-electron chi connectivity index (χ1n) is 9.09. The fraction of sp³-hybridized carbons (Fsp3) is 0.500. The second-order valence-electron chi connectivity index (χ2n) is 6.72. The van der Waals surface area contributed by atoms with Gasteiger partial charge in [0.2, 0.25) is 5.91 Å². The fourth-order valence-electron chi connectivity index (χ4n) is 3.31. The van der Waals surface area contributed by atoms with Crippen molar-refractivity contribution >= 4 is 22.5 Å². The Morgan fingerprint density at radius 3 is 2.44 bits per heavy atom. The van der Waals surface area contributed by atoms with Gasteiger partial charge in [-0.05, 0) is 37.5 Å². The van der Waals surface area contributed by atoms with Gasteiger partial charge in [-0.15, -0.1) is 0 Å². The Kier molecular flexibility index (Phi) is 6.37. The molecule has 25 heavy (non-hydrogen) atoms. The lowest BCUT2D eigenvalue weighted by Gasteiger charge is -2.26. The number of nitrogens with one attached hydrogen (secondary N) is 2. The number of amides is 1. The molecule has 1 aromatic carbocycles. The summed E-state index contributed by atoms with van der Waals surface area (Å²) in [5.74, 6) is -0.231. The van der Waals surface area contributed by atoms with E-state index in [1.165, 1.54) is 0 Å². The maximum Gasteiger partial charge on any atom is 0.227 e. The largest absolute Gasteiger partial charge is 0.389 e. The predicted molar refractivity (Wildman–Crippen MR) is 102 cm³/mol. The number of aromatic amines is 1. The Bertz CT molecular complexity index is 789. The van der Waals surface area contributed by atoms with Crippen molar-refractivity contribution in [3.05, 3.63) is 40.2 Å². The van der Waals surface area contributed by atoms with Crippen LogP contribution in [-0.4, -0.2) is 21.6 Å². The van der Waals surface area contributed by atoms with Crippen LogP contribution in [0.3, 0.4) is 0 Å². The van der Waals surface area contributed by atoms with Gasteiger partial charge in [0, 0.05) is 28.4 Å². The minimum atomic E-state index is -0.960. The molecular formula is C20H28N2O3. The van der Waals surface area contributed by atoms with E-state index in [2.05, 4.69) is 10.3 Å². The van der Waals surface area contributed by atoms with Crippen LogP contribution in [0.15, 0.2) is 29.1 Å². The van der Waals surface area contributed by atoms with E-state index in [4.69, 9.17) is 0 Å². The zero-order valence-corrected chi connectivity index (χ0v) is 15.3. The summed E-state index contributed by atoms with van der Waals surface area (Å²) in [6.07, 6.45) is 3.69. The Labute approximate surface area is 148 Å². The Hall–Kier alpha value is -2.14. The van der Waals surface area contributed by atoms with Gasteiger partial charge in [0.1, 0.15) is 0 Å². The molecule has 0 radical (unpaired) electrons. The molecule has 0 saturated carbocycles. The number of benzene rings is 1. The van der Waals surface area contributed by atoms with Crippen LogP contribution in [0.2, 0.25) is 0 Å². The third-order valence-corrected chi connectivity index (χ3v) is 4.47. The van der Waals surface area contributed by atoms with Gasteiger partial charge < -0.3 is 15.4 Å². The molecule has 5 nitrogen and oxygen atoms in total. The van der Waals surface area contributed by atoms with Crippen molar-refractivity contribution in [3.63, 3.8) is 0 Å². The average Bonchev–Trinajstić information content (AvgIpc) is 2.55. The standard InChI is InChI=1S/C20H28N2O3/c1-4-9-20(25,10-5-2)13-19(24)22-15-7-8-17-16(11-15)18(23)12-14(6-3)21-17/h7-8,11-12,25H,4-6,9-10,13H2,1-3H3,(H,21,23)(H,22,24). The fourth-order valence-corrected chi connectivity index (χ4v) is 3.31. The number of H-pyrrole nitrogens is 1. The van der Waals surface area contributed by atoms with E-state index in [0.717, 1.165) is 30.5 Å². The first kappa shape index (κ1) is 19.2. The first-order chi connectivity index (χ1) is 11.9. The second-order valence-corrected chi connectivity index (χ2v) is 6.72. The number of anilines is 1. The van der Waals surface area contributed by atoms with Crippen molar-refractivity contribution in [2.45, 2.75) is 64.9 Å². The molecule has 3 N–H and O–H groups in total. The second kappa shape index (κ2) is 8.30. The molecule has 0 saturated heterocycles. The molecule has 0 fully saturated rings. The zero-order valence-electron chi connectivity index (χ0n) is 15.3. The summed E-state index contributed by atoms with van der Waals surface area (Å²) in [6, 6.07) is 6.85. The van der Waals surface area contributed by atoms with Crippen molar-refractivity contribution in [2.24, 2.45) is 0 Å². The van der Waals surface area contributed by atoms with Crippen LogP contribution in [0.25, 0.3) is 10.9 Å². The van der Waals surface area contributed by atoms with E-state index in [1.54, 1.807) is 24.3 Å². The molecular weight excluding hydrogens is 316 g/mol. The normalized spacial score (nSPS) is 11.7. The van der Waals surface area contributed by atoms with E-state index in [-0.39, 0.29) is 17.8 Å². The number of aliphatic hydroxyl groups is 1. The lowest BCUT2D eigenvalue weighted by molar-refractivity contribution is -0.121. The van der Waals surface area contributed by atoms with Crippen molar-refractivity contribution in [1.82, 2.24) is 4.98 Å². The molecule has 0 aliphatic carbocycles. The summed E-state index contributed by atoms with van der Waals surface area (Å²) in [5, 5.41) is 14.0. The Morgan fingerprint density at radius 1 is 1.16 bits per heavy atom. The minimum absolute atomic E-state index is 0.0600. The molecule has 0 bridgehead atoms. The van der Waals surface area contributed by atoms with E-state index >= 15 is 0 Å². The van der Waals surface area contributed by atoms with Gasteiger partial charge in [-0.25, -0.2) is 0 Å². The molecule has 0 aliphatic rings. The number of aromatic nitrogens is 1. The number of hydrogen-bond donors (Lipinski definition) is 3. The highest BCUT2D eigenvalue weighted by atomic mass is 16.3. The number of pyridine rings is 1. The molecule has 0 unspecified atom stereocenters. The van der Waals surface area contributed by atoms with E-state index in [0.29, 0.717) is 23.9 Å². The van der Waals surface area contributed by atoms with Gasteiger partial charge in [0.05, 0.1) is 12.0 Å². The third kappa shape index (κ3) is 4.92. The van der Waals surface area contributed by atoms with Gasteiger partial charge in [-0.1, -0.05) is 33.6 Å². The van der Waals surface area contributed by atoms with Crippen molar-refractivity contribution in [3.8, 4) is 0 Å². The van der Waals surface area contributed by atoms with Gasteiger partial charge in [-0.2, -0.15) is 0 Å². The van der Waals surface area contributed by atoms with Crippen molar-refractivity contribution in [1.29, 1.82) is 0 Å². The van der Waals surface area contributed by atoms with Crippen molar-refractivity contribution < 1.29 is 9.90 Å². The van der Waals surface area contributed by atoms with Crippen LogP contribution in [0, 0.1) is 0 Å². The smallest absolute Gasteiger partial charge is 0.227 e. The Morgan fingerprint density at radius 2 is 1.84 bits per heavy atom. The summed E-state index contributed by atoms with van der Waals surface area (Å²) in [6.45, 7) is 5.98. The molecule has 136 valence electrons. The summed E-state index contributed by atoms with van der Waals surface area (Å²) in [4.78, 5) is 27.8. The maximum atomic E-state index is 12.3. The van der Waals surface area contributed by atoms with Crippen LogP contribution >= 0.6 is 0 Å². The third-order valence-electron chi connectivity index (χ3n) is 4.47. The monoisotopic (exact) mass is 344 g/mol. The van der Waals surface area contributed by atoms with Crippen LogP contribution in [0.4, 0.5) is 5.69 Å². The molecule has 2 aromatic rings. The molecule has 1 amide bonds. The highest BCUT2D eigenvalue weighted by Crippen LogP contribution is 2.24. The van der Waals surface area contributed by atoms with Gasteiger partial charge in [-0.3, -0.25) is 9.59 Å². The highest BCUT2D eigenvalue weighted by Gasteiger charge is 2.28. The molecule has 1 aromatic heterocycles. The van der Waals surface area contributed by atoms with Gasteiger partial charge >= 0.3 is 0 Å². The molecule has 0 atom stereocenters. The average molecular weight is 344 g/mol. The van der Waals surface area contributed by atoms with Crippen LogP contribution in [-0.2, 0) is 11.2 Å².